The first-order valence-corrected chi connectivity index (χ1v) is 9.22. The smallest absolute Gasteiger partial charge is 0.313 e. The van der Waals surface area contributed by atoms with Crippen LogP contribution < -0.4 is 5.32 Å². The lowest BCUT2D eigenvalue weighted by molar-refractivity contribution is -0.146. The van der Waals surface area contributed by atoms with Gasteiger partial charge in [-0.3, -0.25) is 9.59 Å². The summed E-state index contributed by atoms with van der Waals surface area (Å²) in [5.74, 6) is 0.277. The van der Waals surface area contributed by atoms with Gasteiger partial charge in [-0.05, 0) is 44.2 Å². The summed E-state index contributed by atoms with van der Waals surface area (Å²) in [5.41, 5.74) is 0.601. The van der Waals surface area contributed by atoms with E-state index in [1.165, 1.54) is 6.42 Å². The van der Waals surface area contributed by atoms with Crippen molar-refractivity contribution >= 4 is 17.5 Å². The monoisotopic (exact) mass is 354 g/mol. The number of para-hydroxylation sites is 1. The molecule has 1 aromatic heterocycles. The summed E-state index contributed by atoms with van der Waals surface area (Å²) in [5, 5.41) is 11.0. The maximum atomic E-state index is 12.7. The lowest BCUT2D eigenvalue weighted by Gasteiger charge is -2.33. The maximum absolute atomic E-state index is 12.7. The quantitative estimate of drug-likeness (QED) is 0.856. The van der Waals surface area contributed by atoms with Gasteiger partial charge in [0.25, 0.3) is 0 Å². The number of aromatic nitrogens is 2. The molecule has 1 atom stereocenters. The number of hydrogen-bond acceptors (Lipinski definition) is 5. The molecule has 2 amide bonds. The zero-order chi connectivity index (χ0) is 17.9. The van der Waals surface area contributed by atoms with Crippen LogP contribution in [0.3, 0.4) is 0 Å². The van der Waals surface area contributed by atoms with Crippen LogP contribution in [0.2, 0.25) is 0 Å². The van der Waals surface area contributed by atoms with Gasteiger partial charge in [0.1, 0.15) is 6.04 Å². The van der Waals surface area contributed by atoms with Crippen LogP contribution in [-0.2, 0) is 9.59 Å². The first kappa shape index (κ1) is 16.8. The Labute approximate surface area is 151 Å². The minimum atomic E-state index is -0.637. The lowest BCUT2D eigenvalue weighted by atomic mass is 9.85. The Morgan fingerprint density at radius 2 is 1.77 bits per heavy atom. The molecule has 136 valence electrons. The number of piperidine rings is 1. The molecule has 4 rings (SSSR count). The van der Waals surface area contributed by atoms with Gasteiger partial charge in [0.15, 0.2) is 0 Å². The molecule has 0 radical (unpaired) electrons. The van der Waals surface area contributed by atoms with Gasteiger partial charge < -0.3 is 14.6 Å². The predicted molar refractivity (Wildman–Crippen MR) is 94.3 cm³/mol. The van der Waals surface area contributed by atoms with Crippen LogP contribution in [0.25, 0.3) is 0 Å². The van der Waals surface area contributed by atoms with Crippen LogP contribution in [0.15, 0.2) is 34.7 Å². The molecule has 1 aliphatic carbocycles. The van der Waals surface area contributed by atoms with E-state index in [9.17, 15) is 9.59 Å². The highest BCUT2D eigenvalue weighted by atomic mass is 16.4. The second-order valence-corrected chi connectivity index (χ2v) is 6.94. The fourth-order valence-electron chi connectivity index (χ4n) is 3.47. The van der Waals surface area contributed by atoms with E-state index in [2.05, 4.69) is 15.5 Å². The number of nitrogens with one attached hydrogen (secondary N) is 1. The molecule has 7 heteroatoms. The first-order valence-electron chi connectivity index (χ1n) is 9.22. The largest absolute Gasteiger partial charge is 0.423 e. The van der Waals surface area contributed by atoms with Crippen molar-refractivity contribution in [1.82, 2.24) is 15.1 Å². The SMILES string of the molecule is O=C(Nc1ccccc1)C(=O)N1CCCC[C@H]1c1nnc(C2CCC2)o1. The van der Waals surface area contributed by atoms with Crippen LogP contribution in [0, 0.1) is 0 Å². The van der Waals surface area contributed by atoms with E-state index in [4.69, 9.17) is 4.42 Å². The van der Waals surface area contributed by atoms with Gasteiger partial charge in [-0.2, -0.15) is 0 Å². The topological polar surface area (TPSA) is 88.3 Å². The molecule has 1 aliphatic heterocycles. The average Bonchev–Trinajstić information content (AvgIpc) is 3.09. The zero-order valence-electron chi connectivity index (χ0n) is 14.6. The molecule has 0 spiro atoms. The third-order valence-corrected chi connectivity index (χ3v) is 5.19. The molecular formula is C19H22N4O3. The van der Waals surface area contributed by atoms with Crippen molar-refractivity contribution in [2.75, 3.05) is 11.9 Å². The van der Waals surface area contributed by atoms with Crippen molar-refractivity contribution in [3.63, 3.8) is 0 Å². The number of carbonyl (C=O) groups excluding carboxylic acids is 2. The van der Waals surface area contributed by atoms with Crippen molar-refractivity contribution in [3.8, 4) is 0 Å². The molecule has 2 heterocycles. The highest BCUT2D eigenvalue weighted by Gasteiger charge is 2.36. The van der Waals surface area contributed by atoms with Gasteiger partial charge in [-0.1, -0.05) is 24.6 Å². The van der Waals surface area contributed by atoms with Gasteiger partial charge in [0.2, 0.25) is 11.8 Å². The number of amides is 2. The number of anilines is 1. The number of carbonyl (C=O) groups is 2. The van der Waals surface area contributed by atoms with Crippen LogP contribution in [0.4, 0.5) is 5.69 Å². The summed E-state index contributed by atoms with van der Waals surface area (Å²) < 4.78 is 5.86. The highest BCUT2D eigenvalue weighted by molar-refractivity contribution is 6.39. The van der Waals surface area contributed by atoms with Gasteiger partial charge in [0.05, 0.1) is 0 Å². The zero-order valence-corrected chi connectivity index (χ0v) is 14.6. The Morgan fingerprint density at radius 3 is 2.50 bits per heavy atom. The van der Waals surface area contributed by atoms with E-state index in [0.29, 0.717) is 29.9 Å². The van der Waals surface area contributed by atoms with Crippen LogP contribution >= 0.6 is 0 Å². The number of nitrogens with zero attached hydrogens (tertiary/aromatic N) is 3. The summed E-state index contributed by atoms with van der Waals surface area (Å²) in [6, 6.07) is 8.66. The van der Waals surface area contributed by atoms with E-state index in [1.807, 2.05) is 18.2 Å². The minimum Gasteiger partial charge on any atom is -0.423 e. The lowest BCUT2D eigenvalue weighted by Crippen LogP contribution is -2.44. The Balaban J connectivity index is 1.48. The molecule has 2 aromatic rings. The van der Waals surface area contributed by atoms with E-state index < -0.39 is 11.8 Å². The van der Waals surface area contributed by atoms with Crippen LogP contribution in [0.1, 0.15) is 62.3 Å². The average molecular weight is 354 g/mol. The van der Waals surface area contributed by atoms with Gasteiger partial charge in [-0.15, -0.1) is 10.2 Å². The van der Waals surface area contributed by atoms with Crippen molar-refractivity contribution in [1.29, 1.82) is 0 Å². The highest BCUT2D eigenvalue weighted by Crippen LogP contribution is 2.37. The second-order valence-electron chi connectivity index (χ2n) is 6.94. The molecule has 1 N–H and O–H groups in total. The molecule has 1 saturated carbocycles. The maximum Gasteiger partial charge on any atom is 0.313 e. The van der Waals surface area contributed by atoms with E-state index in [0.717, 1.165) is 32.1 Å². The number of rotatable bonds is 3. The van der Waals surface area contributed by atoms with Gasteiger partial charge in [-0.25, -0.2) is 0 Å². The van der Waals surface area contributed by atoms with Crippen molar-refractivity contribution in [3.05, 3.63) is 42.1 Å². The molecule has 7 nitrogen and oxygen atoms in total. The Kier molecular flexibility index (Phi) is 4.69. The van der Waals surface area contributed by atoms with Crippen molar-refractivity contribution < 1.29 is 14.0 Å². The first-order chi connectivity index (χ1) is 12.7. The molecule has 2 aliphatic rings. The summed E-state index contributed by atoms with van der Waals surface area (Å²) in [7, 11) is 0. The normalized spacial score (nSPS) is 20.5. The summed E-state index contributed by atoms with van der Waals surface area (Å²) in [6.45, 7) is 0.521. The standard InChI is InChI=1S/C19H22N4O3/c24-16(20-14-9-2-1-3-10-14)19(25)23-12-5-4-11-15(23)18-22-21-17(26-18)13-7-6-8-13/h1-3,9-10,13,15H,4-8,11-12H2,(H,20,24)/t15-/m0/s1. The predicted octanol–water partition coefficient (Wildman–Crippen LogP) is 3.03. The second kappa shape index (κ2) is 7.27. The Hall–Kier alpha value is -2.70. The number of likely N-dealkylation sites (tertiary alicyclic amines) is 1. The number of hydrogen-bond donors (Lipinski definition) is 1. The number of benzene rings is 1. The molecule has 2 fully saturated rings. The molecule has 1 aromatic carbocycles. The fraction of sp³-hybridized carbons (Fsp3) is 0.474. The van der Waals surface area contributed by atoms with Crippen molar-refractivity contribution in [2.24, 2.45) is 0 Å². The third-order valence-electron chi connectivity index (χ3n) is 5.19. The van der Waals surface area contributed by atoms with Gasteiger partial charge >= 0.3 is 11.8 Å². The Bertz CT molecular complexity index is 785. The van der Waals surface area contributed by atoms with E-state index in [-0.39, 0.29) is 6.04 Å². The Morgan fingerprint density at radius 1 is 1.00 bits per heavy atom. The summed E-state index contributed by atoms with van der Waals surface area (Å²) in [6.07, 6.45) is 5.91. The fourth-order valence-corrected chi connectivity index (χ4v) is 3.47. The van der Waals surface area contributed by atoms with Gasteiger partial charge in [0, 0.05) is 18.2 Å². The van der Waals surface area contributed by atoms with E-state index >= 15 is 0 Å². The molecule has 26 heavy (non-hydrogen) atoms. The minimum absolute atomic E-state index is 0.320. The van der Waals surface area contributed by atoms with Crippen LogP contribution in [-0.4, -0.2) is 33.5 Å². The molecule has 0 bridgehead atoms. The molecular weight excluding hydrogens is 332 g/mol. The molecule has 1 saturated heterocycles. The van der Waals surface area contributed by atoms with Crippen LogP contribution in [0.5, 0.6) is 0 Å². The summed E-state index contributed by atoms with van der Waals surface area (Å²) >= 11 is 0. The molecule has 0 unspecified atom stereocenters. The van der Waals surface area contributed by atoms with E-state index in [1.54, 1.807) is 17.0 Å². The third kappa shape index (κ3) is 3.34. The summed E-state index contributed by atoms with van der Waals surface area (Å²) in [4.78, 5) is 26.7. The van der Waals surface area contributed by atoms with Crippen molar-refractivity contribution in [2.45, 2.75) is 50.5 Å².